The van der Waals surface area contributed by atoms with Gasteiger partial charge in [0.05, 0.1) is 10.9 Å². The average Bonchev–Trinajstić information content (AvgIpc) is 2.54. The zero-order valence-electron chi connectivity index (χ0n) is 13.7. The van der Waals surface area contributed by atoms with Crippen LogP contribution in [0.1, 0.15) is 38.4 Å². The molecule has 1 amide bonds. The van der Waals surface area contributed by atoms with Gasteiger partial charge in [0, 0.05) is 6.04 Å². The third kappa shape index (κ3) is 3.78. The summed E-state index contributed by atoms with van der Waals surface area (Å²) in [5.41, 5.74) is 0.830. The molecule has 122 valence electrons. The quantitative estimate of drug-likeness (QED) is 0.942. The van der Waals surface area contributed by atoms with E-state index in [1.54, 1.807) is 0 Å². The van der Waals surface area contributed by atoms with Gasteiger partial charge in [0.1, 0.15) is 5.82 Å². The van der Waals surface area contributed by atoms with Gasteiger partial charge < -0.3 is 10.1 Å². The number of carbonyl (C=O) groups excluding carboxylic acids is 1. The van der Waals surface area contributed by atoms with Crippen molar-refractivity contribution in [2.45, 2.75) is 45.6 Å². The molecule has 1 fully saturated rings. The van der Waals surface area contributed by atoms with Gasteiger partial charge in [-0.15, -0.1) is 0 Å². The molecule has 2 aromatic rings. The second-order valence-electron chi connectivity index (χ2n) is 6.32. The lowest BCUT2D eigenvalue weighted by molar-refractivity contribution is -0.124. The second kappa shape index (κ2) is 6.94. The lowest BCUT2D eigenvalue weighted by Crippen LogP contribution is -2.43. The molecule has 5 nitrogen and oxygen atoms in total. The highest BCUT2D eigenvalue weighted by Crippen LogP contribution is 2.24. The Hall–Kier alpha value is -2.17. The van der Waals surface area contributed by atoms with Gasteiger partial charge in [-0.1, -0.05) is 31.9 Å². The van der Waals surface area contributed by atoms with Crippen LogP contribution in [-0.2, 0) is 4.79 Å². The summed E-state index contributed by atoms with van der Waals surface area (Å²) in [6.45, 7) is 4.01. The number of carbonyl (C=O) groups is 1. The minimum Gasteiger partial charge on any atom is -0.467 e. The first-order chi connectivity index (χ1) is 11.1. The minimum absolute atomic E-state index is 0.0103. The maximum Gasteiger partial charge on any atom is 0.258 e. The molecule has 2 atom stereocenters. The third-order valence-electron chi connectivity index (χ3n) is 4.48. The summed E-state index contributed by atoms with van der Waals surface area (Å²) >= 11 is 0. The molecule has 1 aliphatic rings. The summed E-state index contributed by atoms with van der Waals surface area (Å²) in [4.78, 5) is 20.9. The fourth-order valence-corrected chi connectivity index (χ4v) is 3.18. The van der Waals surface area contributed by atoms with Crippen LogP contribution in [0.15, 0.2) is 24.3 Å². The number of benzene rings is 1. The predicted octanol–water partition coefficient (Wildman–Crippen LogP) is 3.01. The van der Waals surface area contributed by atoms with Crippen molar-refractivity contribution in [3.05, 3.63) is 30.1 Å². The van der Waals surface area contributed by atoms with Crippen LogP contribution in [0.5, 0.6) is 5.88 Å². The van der Waals surface area contributed by atoms with E-state index in [4.69, 9.17) is 4.74 Å². The summed E-state index contributed by atoms with van der Waals surface area (Å²) in [5.74, 6) is 1.57. The lowest BCUT2D eigenvalue weighted by atomic mass is 9.86. The normalized spacial score (nSPS) is 21.1. The van der Waals surface area contributed by atoms with Gasteiger partial charge in [0.25, 0.3) is 5.91 Å². The van der Waals surface area contributed by atoms with E-state index >= 15 is 0 Å². The monoisotopic (exact) mass is 313 g/mol. The first-order valence-corrected chi connectivity index (χ1v) is 8.29. The van der Waals surface area contributed by atoms with Crippen molar-refractivity contribution in [3.63, 3.8) is 0 Å². The zero-order valence-corrected chi connectivity index (χ0v) is 13.7. The average molecular weight is 313 g/mol. The number of ether oxygens (including phenoxy) is 1. The van der Waals surface area contributed by atoms with Gasteiger partial charge >= 0.3 is 0 Å². The Morgan fingerprint density at radius 1 is 1.26 bits per heavy atom. The highest BCUT2D eigenvalue weighted by molar-refractivity contribution is 5.84. The Labute approximate surface area is 136 Å². The van der Waals surface area contributed by atoms with Gasteiger partial charge in [0.15, 0.2) is 6.61 Å². The molecule has 0 spiro atoms. The standard InChI is InChI=1S/C18H23N3O2/c1-12-7-3-5-9-15(12)21-17(22)11-23-18-14-8-4-6-10-16(14)19-13(2)20-18/h4,6,8,10,12,15H,3,5,7,9,11H2,1-2H3,(H,21,22). The fraction of sp³-hybridized carbons (Fsp3) is 0.500. The number of rotatable bonds is 4. The van der Waals surface area contributed by atoms with E-state index in [2.05, 4.69) is 22.2 Å². The molecule has 23 heavy (non-hydrogen) atoms. The Bertz CT molecular complexity index is 702. The molecule has 0 aliphatic heterocycles. The SMILES string of the molecule is Cc1nc(OCC(=O)NC2CCCCC2C)c2ccccc2n1. The summed E-state index contributed by atoms with van der Waals surface area (Å²) in [7, 11) is 0. The van der Waals surface area contributed by atoms with Gasteiger partial charge in [-0.25, -0.2) is 4.98 Å². The molecule has 1 aliphatic carbocycles. The summed E-state index contributed by atoms with van der Waals surface area (Å²) in [5, 5.41) is 3.92. The molecule has 5 heteroatoms. The van der Waals surface area contributed by atoms with Crippen molar-refractivity contribution in [2.24, 2.45) is 5.92 Å². The predicted molar refractivity (Wildman–Crippen MR) is 89.3 cm³/mol. The Balaban J connectivity index is 1.65. The first kappa shape index (κ1) is 15.7. The number of hydrogen-bond donors (Lipinski definition) is 1. The Kier molecular flexibility index (Phi) is 4.74. The van der Waals surface area contributed by atoms with Crippen molar-refractivity contribution in [3.8, 4) is 5.88 Å². The molecular weight excluding hydrogens is 290 g/mol. The van der Waals surface area contributed by atoms with E-state index in [0.29, 0.717) is 17.6 Å². The molecule has 1 aromatic heterocycles. The Morgan fingerprint density at radius 2 is 2.04 bits per heavy atom. The minimum atomic E-state index is -0.0795. The summed E-state index contributed by atoms with van der Waals surface area (Å²) < 4.78 is 5.68. The molecule has 1 aromatic carbocycles. The van der Waals surface area contributed by atoms with Gasteiger partial charge in [-0.3, -0.25) is 4.79 Å². The Morgan fingerprint density at radius 3 is 2.87 bits per heavy atom. The van der Waals surface area contributed by atoms with Crippen LogP contribution in [0, 0.1) is 12.8 Å². The molecular formula is C18H23N3O2. The van der Waals surface area contributed by atoms with E-state index < -0.39 is 0 Å². The first-order valence-electron chi connectivity index (χ1n) is 8.29. The van der Waals surface area contributed by atoms with Crippen molar-refractivity contribution in [1.82, 2.24) is 15.3 Å². The van der Waals surface area contributed by atoms with Crippen molar-refractivity contribution in [2.75, 3.05) is 6.61 Å². The van der Waals surface area contributed by atoms with Crippen LogP contribution >= 0.6 is 0 Å². The van der Waals surface area contributed by atoms with E-state index in [1.165, 1.54) is 19.3 Å². The van der Waals surface area contributed by atoms with E-state index in [9.17, 15) is 4.79 Å². The van der Waals surface area contributed by atoms with E-state index in [-0.39, 0.29) is 18.6 Å². The number of fused-ring (bicyclic) bond motifs is 1. The topological polar surface area (TPSA) is 64.1 Å². The highest BCUT2D eigenvalue weighted by Gasteiger charge is 2.23. The molecule has 1 saturated carbocycles. The number of aryl methyl sites for hydroxylation is 1. The number of hydrogen-bond acceptors (Lipinski definition) is 4. The van der Waals surface area contributed by atoms with Crippen LogP contribution in [0.4, 0.5) is 0 Å². The molecule has 2 unspecified atom stereocenters. The third-order valence-corrected chi connectivity index (χ3v) is 4.48. The van der Waals surface area contributed by atoms with E-state index in [1.807, 2.05) is 31.2 Å². The highest BCUT2D eigenvalue weighted by atomic mass is 16.5. The lowest BCUT2D eigenvalue weighted by Gasteiger charge is -2.29. The summed E-state index contributed by atoms with van der Waals surface area (Å²) in [6.07, 6.45) is 4.69. The van der Waals surface area contributed by atoms with Crippen molar-refractivity contribution >= 4 is 16.8 Å². The van der Waals surface area contributed by atoms with Crippen LogP contribution in [0.25, 0.3) is 10.9 Å². The van der Waals surface area contributed by atoms with E-state index in [0.717, 1.165) is 17.3 Å². The van der Waals surface area contributed by atoms with Crippen LogP contribution in [0.3, 0.4) is 0 Å². The maximum atomic E-state index is 12.2. The number of amides is 1. The summed E-state index contributed by atoms with van der Waals surface area (Å²) in [6, 6.07) is 7.93. The van der Waals surface area contributed by atoms with Crippen LogP contribution < -0.4 is 10.1 Å². The van der Waals surface area contributed by atoms with Gasteiger partial charge in [-0.2, -0.15) is 4.98 Å². The molecule has 1 heterocycles. The number of nitrogens with zero attached hydrogens (tertiary/aromatic N) is 2. The van der Waals surface area contributed by atoms with Crippen molar-refractivity contribution < 1.29 is 9.53 Å². The molecule has 1 N–H and O–H groups in total. The fourth-order valence-electron chi connectivity index (χ4n) is 3.18. The smallest absolute Gasteiger partial charge is 0.258 e. The van der Waals surface area contributed by atoms with Crippen molar-refractivity contribution in [1.29, 1.82) is 0 Å². The van der Waals surface area contributed by atoms with Crippen LogP contribution in [-0.4, -0.2) is 28.5 Å². The number of para-hydroxylation sites is 1. The zero-order chi connectivity index (χ0) is 16.2. The molecule has 0 radical (unpaired) electrons. The largest absolute Gasteiger partial charge is 0.467 e. The molecule has 3 rings (SSSR count). The maximum absolute atomic E-state index is 12.2. The molecule has 0 saturated heterocycles. The van der Waals surface area contributed by atoms with Gasteiger partial charge in [0.2, 0.25) is 5.88 Å². The number of aromatic nitrogens is 2. The second-order valence-corrected chi connectivity index (χ2v) is 6.32. The number of nitrogens with one attached hydrogen (secondary N) is 1. The van der Waals surface area contributed by atoms with Crippen LogP contribution in [0.2, 0.25) is 0 Å². The molecule has 0 bridgehead atoms. The van der Waals surface area contributed by atoms with Gasteiger partial charge in [-0.05, 0) is 37.8 Å².